The number of phenols is 1. The van der Waals surface area contributed by atoms with Crippen molar-refractivity contribution in [3.63, 3.8) is 0 Å². The molecule has 0 spiro atoms. The predicted octanol–water partition coefficient (Wildman–Crippen LogP) is 4.45. The number of nitrogens with one attached hydrogen (secondary N) is 1. The van der Waals surface area contributed by atoms with Crippen LogP contribution in [0.5, 0.6) is 17.2 Å². The maximum Gasteiger partial charge on any atom is 0.573 e. The minimum Gasteiger partial charge on any atom is -0.507 e. The van der Waals surface area contributed by atoms with E-state index in [1.165, 1.54) is 42.5 Å². The molecule has 0 aromatic heterocycles. The molecule has 2 N–H and O–H groups in total. The highest BCUT2D eigenvalue weighted by molar-refractivity contribution is 7.90. The van der Waals surface area contributed by atoms with E-state index in [4.69, 9.17) is 4.74 Å². The molecule has 0 bridgehead atoms. The molecule has 3 aromatic carbocycles. The van der Waals surface area contributed by atoms with Gasteiger partial charge in [-0.3, -0.25) is 4.79 Å². The van der Waals surface area contributed by atoms with Crippen molar-refractivity contribution in [3.05, 3.63) is 77.9 Å². The molecule has 0 radical (unpaired) electrons. The molecule has 1 amide bonds. The largest absolute Gasteiger partial charge is 0.573 e. The summed E-state index contributed by atoms with van der Waals surface area (Å²) < 4.78 is 69.4. The molecule has 0 heterocycles. The van der Waals surface area contributed by atoms with Crippen molar-refractivity contribution in [1.82, 2.24) is 0 Å². The summed E-state index contributed by atoms with van der Waals surface area (Å²) in [5.41, 5.74) is 1.53. The van der Waals surface area contributed by atoms with Crippen LogP contribution in [0.2, 0.25) is 0 Å². The molecule has 180 valence electrons. The van der Waals surface area contributed by atoms with E-state index in [1.54, 1.807) is 24.3 Å². The highest BCUT2D eigenvalue weighted by Crippen LogP contribution is 2.25. The smallest absolute Gasteiger partial charge is 0.507 e. The number of halogens is 3. The fourth-order valence-electron chi connectivity index (χ4n) is 2.94. The molecule has 11 heteroatoms. The van der Waals surface area contributed by atoms with E-state index in [1.807, 2.05) is 0 Å². The molecule has 3 aromatic rings. The van der Waals surface area contributed by atoms with Crippen LogP contribution in [0.15, 0.2) is 71.6 Å². The lowest BCUT2D eigenvalue weighted by atomic mass is 10.1. The first-order valence-corrected chi connectivity index (χ1v) is 11.7. The van der Waals surface area contributed by atoms with E-state index >= 15 is 0 Å². The second-order valence-electron chi connectivity index (χ2n) is 7.30. The summed E-state index contributed by atoms with van der Waals surface area (Å²) in [6, 6.07) is 15.7. The van der Waals surface area contributed by atoms with Gasteiger partial charge < -0.3 is 19.9 Å². The van der Waals surface area contributed by atoms with Crippen molar-refractivity contribution in [3.8, 4) is 17.2 Å². The quantitative estimate of drug-likeness (QED) is 0.479. The second kappa shape index (κ2) is 10.0. The van der Waals surface area contributed by atoms with Crippen LogP contribution in [0.4, 0.5) is 18.9 Å². The van der Waals surface area contributed by atoms with Gasteiger partial charge in [0.25, 0.3) is 0 Å². The van der Waals surface area contributed by atoms with Crippen LogP contribution >= 0.6 is 0 Å². The highest BCUT2D eigenvalue weighted by atomic mass is 32.2. The fourth-order valence-corrected chi connectivity index (χ4v) is 3.76. The van der Waals surface area contributed by atoms with E-state index < -0.39 is 16.2 Å². The van der Waals surface area contributed by atoms with Crippen LogP contribution in [-0.4, -0.2) is 32.0 Å². The van der Waals surface area contributed by atoms with Crippen molar-refractivity contribution in [2.45, 2.75) is 24.3 Å². The van der Waals surface area contributed by atoms with E-state index in [0.29, 0.717) is 22.6 Å². The molecule has 0 aliphatic carbocycles. The first-order valence-electron chi connectivity index (χ1n) is 9.78. The zero-order chi connectivity index (χ0) is 24.9. The van der Waals surface area contributed by atoms with Gasteiger partial charge in [-0.05, 0) is 59.7 Å². The number of hydrogen-bond donors (Lipinski definition) is 2. The minimum atomic E-state index is -4.75. The Morgan fingerprint density at radius 3 is 2.12 bits per heavy atom. The Bertz CT molecular complexity index is 1260. The van der Waals surface area contributed by atoms with E-state index in [0.717, 1.165) is 6.26 Å². The van der Waals surface area contributed by atoms with Gasteiger partial charge in [0.2, 0.25) is 5.91 Å². The molecule has 0 aliphatic rings. The van der Waals surface area contributed by atoms with Gasteiger partial charge in [-0.25, -0.2) is 8.42 Å². The Balaban J connectivity index is 1.53. The first kappa shape index (κ1) is 24.9. The minimum absolute atomic E-state index is 0.102. The zero-order valence-electron chi connectivity index (χ0n) is 17.8. The Kier molecular flexibility index (Phi) is 7.35. The number of carbonyl (C=O) groups excluding carboxylic acids is 1. The number of amides is 1. The Morgan fingerprint density at radius 2 is 1.53 bits per heavy atom. The number of ether oxygens (including phenoxy) is 2. The summed E-state index contributed by atoms with van der Waals surface area (Å²) in [5, 5.41) is 12.4. The summed E-state index contributed by atoms with van der Waals surface area (Å²) in [6.45, 7) is 0.113. The summed E-state index contributed by atoms with van der Waals surface area (Å²) in [5.74, 6) is -0.617. The lowest BCUT2D eigenvalue weighted by Gasteiger charge is -2.11. The third kappa shape index (κ3) is 7.41. The van der Waals surface area contributed by atoms with Crippen LogP contribution in [0, 0.1) is 0 Å². The fraction of sp³-hybridized carbons (Fsp3) is 0.174. The molecular weight excluding hydrogens is 475 g/mol. The van der Waals surface area contributed by atoms with Crippen molar-refractivity contribution < 1.29 is 41.0 Å². The molecule has 3 rings (SSSR count). The normalized spacial score (nSPS) is 11.6. The predicted molar refractivity (Wildman–Crippen MR) is 117 cm³/mol. The van der Waals surface area contributed by atoms with Gasteiger partial charge >= 0.3 is 6.36 Å². The van der Waals surface area contributed by atoms with Crippen LogP contribution in [-0.2, 0) is 27.7 Å². The van der Waals surface area contributed by atoms with E-state index in [9.17, 15) is 31.5 Å². The Morgan fingerprint density at radius 1 is 0.941 bits per heavy atom. The average Bonchev–Trinajstić information content (AvgIpc) is 2.74. The number of aromatic hydroxyl groups is 1. The second-order valence-corrected chi connectivity index (χ2v) is 9.29. The molecule has 34 heavy (non-hydrogen) atoms. The van der Waals surface area contributed by atoms with E-state index in [2.05, 4.69) is 10.1 Å². The lowest BCUT2D eigenvalue weighted by molar-refractivity contribution is -0.274. The molecule has 0 saturated carbocycles. The summed E-state index contributed by atoms with van der Waals surface area (Å²) in [6.07, 6.45) is -3.89. The van der Waals surface area contributed by atoms with Gasteiger partial charge in [0, 0.05) is 11.9 Å². The number of rotatable bonds is 8. The Labute approximate surface area is 193 Å². The average molecular weight is 495 g/mol. The summed E-state index contributed by atoms with van der Waals surface area (Å²) in [7, 11) is -3.64. The SMILES string of the molecule is CS(=O)(=O)c1cc(CC(=O)Nc2ccc(OCc3ccc(OC(F)(F)F)cc3)cc2)ccc1O. The molecule has 0 unspecified atom stereocenters. The number of hydrogen-bond acceptors (Lipinski definition) is 6. The van der Waals surface area contributed by atoms with Crippen molar-refractivity contribution >= 4 is 21.4 Å². The maximum absolute atomic E-state index is 12.3. The van der Waals surface area contributed by atoms with Crippen LogP contribution in [0.1, 0.15) is 11.1 Å². The van der Waals surface area contributed by atoms with Gasteiger partial charge in [0.1, 0.15) is 28.8 Å². The number of anilines is 1. The topological polar surface area (TPSA) is 102 Å². The number of phenolic OH excluding ortho intramolecular Hbond substituents is 1. The van der Waals surface area contributed by atoms with Gasteiger partial charge in [-0.2, -0.15) is 0 Å². The van der Waals surface area contributed by atoms with Crippen LogP contribution in [0.3, 0.4) is 0 Å². The maximum atomic E-state index is 12.3. The van der Waals surface area contributed by atoms with Gasteiger partial charge in [-0.15, -0.1) is 13.2 Å². The number of alkyl halides is 3. The van der Waals surface area contributed by atoms with Crippen LogP contribution in [0.25, 0.3) is 0 Å². The third-order valence-electron chi connectivity index (χ3n) is 4.49. The van der Waals surface area contributed by atoms with Crippen molar-refractivity contribution in [2.24, 2.45) is 0 Å². The van der Waals surface area contributed by atoms with Crippen LogP contribution < -0.4 is 14.8 Å². The standard InChI is InChI=1S/C23H20F3NO6S/c1-34(30,31)21-12-16(4-11-20(21)28)13-22(29)27-17-5-9-18(10-6-17)32-14-15-2-7-19(8-3-15)33-23(24,25)26/h2-12,28H,13-14H2,1H3,(H,27,29). The van der Waals surface area contributed by atoms with Gasteiger partial charge in [0.05, 0.1) is 6.42 Å². The van der Waals surface area contributed by atoms with Gasteiger partial charge in [0.15, 0.2) is 9.84 Å². The third-order valence-corrected chi connectivity index (χ3v) is 5.61. The molecule has 0 aliphatic heterocycles. The highest BCUT2D eigenvalue weighted by Gasteiger charge is 2.30. The van der Waals surface area contributed by atoms with Crippen molar-refractivity contribution in [2.75, 3.05) is 11.6 Å². The summed E-state index contributed by atoms with van der Waals surface area (Å²) in [4.78, 5) is 12.1. The first-order chi connectivity index (χ1) is 15.9. The molecule has 0 fully saturated rings. The molecule has 7 nitrogen and oxygen atoms in total. The lowest BCUT2D eigenvalue weighted by Crippen LogP contribution is -2.17. The zero-order valence-corrected chi connectivity index (χ0v) is 18.6. The number of carbonyl (C=O) groups is 1. The summed E-state index contributed by atoms with van der Waals surface area (Å²) >= 11 is 0. The monoisotopic (exact) mass is 495 g/mol. The number of sulfone groups is 1. The van der Waals surface area contributed by atoms with E-state index in [-0.39, 0.29) is 35.3 Å². The number of benzene rings is 3. The van der Waals surface area contributed by atoms with Crippen molar-refractivity contribution in [1.29, 1.82) is 0 Å². The molecule has 0 atom stereocenters. The van der Waals surface area contributed by atoms with Gasteiger partial charge in [-0.1, -0.05) is 18.2 Å². The Hall–Kier alpha value is -3.73. The molecular formula is C23H20F3NO6S. The molecule has 0 saturated heterocycles.